The molecule has 2 atom stereocenters. The third-order valence-corrected chi connectivity index (χ3v) is 3.38. The number of carboxylic acids is 1. The summed E-state index contributed by atoms with van der Waals surface area (Å²) in [5.41, 5.74) is 1.92. The van der Waals surface area contributed by atoms with Crippen molar-refractivity contribution >= 4 is 11.9 Å². The van der Waals surface area contributed by atoms with E-state index in [2.05, 4.69) is 10.4 Å². The number of carbonyl (C=O) groups excluding carboxylic acids is 1. The highest BCUT2D eigenvalue weighted by Gasteiger charge is 2.34. The van der Waals surface area contributed by atoms with Crippen molar-refractivity contribution in [2.75, 3.05) is 0 Å². The van der Waals surface area contributed by atoms with E-state index in [0.29, 0.717) is 19.4 Å². The van der Waals surface area contributed by atoms with E-state index in [1.165, 1.54) is 0 Å². The summed E-state index contributed by atoms with van der Waals surface area (Å²) in [7, 11) is 1.83. The molecule has 19 heavy (non-hydrogen) atoms. The molecule has 2 rings (SSSR count). The van der Waals surface area contributed by atoms with E-state index in [-0.39, 0.29) is 5.91 Å². The summed E-state index contributed by atoms with van der Waals surface area (Å²) in [6, 6.07) is 0. The number of hydrogen-bond acceptors (Lipinski definition) is 4. The van der Waals surface area contributed by atoms with Gasteiger partial charge in [0, 0.05) is 24.8 Å². The van der Waals surface area contributed by atoms with Gasteiger partial charge in [-0.25, -0.2) is 4.79 Å². The van der Waals surface area contributed by atoms with Crippen LogP contribution in [0.2, 0.25) is 0 Å². The predicted molar refractivity (Wildman–Crippen MR) is 65.3 cm³/mol. The van der Waals surface area contributed by atoms with E-state index in [4.69, 9.17) is 9.84 Å². The maximum absolute atomic E-state index is 11.8. The molecule has 2 N–H and O–H groups in total. The fourth-order valence-corrected chi connectivity index (χ4v) is 2.03. The zero-order valence-corrected chi connectivity index (χ0v) is 10.9. The van der Waals surface area contributed by atoms with Gasteiger partial charge in [0.2, 0.25) is 5.91 Å². The van der Waals surface area contributed by atoms with Crippen LogP contribution >= 0.6 is 0 Å². The van der Waals surface area contributed by atoms with Crippen LogP contribution in [0.3, 0.4) is 0 Å². The van der Waals surface area contributed by atoms with Gasteiger partial charge in [-0.05, 0) is 19.8 Å². The Morgan fingerprint density at radius 1 is 1.53 bits per heavy atom. The molecule has 2 heterocycles. The third-order valence-electron chi connectivity index (χ3n) is 3.38. The second-order valence-electron chi connectivity index (χ2n) is 4.63. The Hall–Kier alpha value is -1.89. The number of aromatic nitrogens is 2. The number of ether oxygens (including phenoxy) is 1. The molecule has 1 aromatic rings. The monoisotopic (exact) mass is 267 g/mol. The van der Waals surface area contributed by atoms with Crippen LogP contribution in [0.1, 0.15) is 24.1 Å². The Kier molecular flexibility index (Phi) is 3.84. The molecule has 0 radical (unpaired) electrons. The standard InChI is InChI=1S/C12H17N3O4/c1-7-8(6-14-15(7)2)5-13-11(16)9-3-4-10(19-9)12(17)18/h6,9-10H,3-5H2,1-2H3,(H,13,16)(H,17,18)/t9-,10+/m0/s1. The topological polar surface area (TPSA) is 93.5 Å². The molecule has 1 aromatic heterocycles. The number of carboxylic acid groups (broad SMARTS) is 1. The van der Waals surface area contributed by atoms with Gasteiger partial charge in [-0.15, -0.1) is 0 Å². The lowest BCUT2D eigenvalue weighted by Crippen LogP contribution is -2.35. The summed E-state index contributed by atoms with van der Waals surface area (Å²) in [6.45, 7) is 2.29. The van der Waals surface area contributed by atoms with E-state index in [1.54, 1.807) is 10.9 Å². The number of nitrogens with zero attached hydrogens (tertiary/aromatic N) is 2. The number of aliphatic carboxylic acids is 1. The van der Waals surface area contributed by atoms with Gasteiger partial charge < -0.3 is 15.2 Å². The summed E-state index contributed by atoms with van der Waals surface area (Å²) >= 11 is 0. The molecule has 7 heteroatoms. The molecule has 0 spiro atoms. The van der Waals surface area contributed by atoms with E-state index >= 15 is 0 Å². The molecule has 0 saturated carbocycles. The Morgan fingerprint density at radius 3 is 2.74 bits per heavy atom. The highest BCUT2D eigenvalue weighted by Crippen LogP contribution is 2.20. The summed E-state index contributed by atoms with van der Waals surface area (Å²) in [4.78, 5) is 22.6. The molecule has 1 aliphatic heterocycles. The third kappa shape index (κ3) is 2.93. The highest BCUT2D eigenvalue weighted by atomic mass is 16.5. The van der Waals surface area contributed by atoms with Crippen molar-refractivity contribution in [3.63, 3.8) is 0 Å². The van der Waals surface area contributed by atoms with E-state index in [9.17, 15) is 9.59 Å². The lowest BCUT2D eigenvalue weighted by Gasteiger charge is -2.11. The summed E-state index contributed by atoms with van der Waals surface area (Å²) in [5, 5.41) is 15.6. The zero-order valence-electron chi connectivity index (χ0n) is 10.9. The van der Waals surface area contributed by atoms with Gasteiger partial charge in [-0.1, -0.05) is 0 Å². The number of rotatable bonds is 4. The first-order valence-corrected chi connectivity index (χ1v) is 6.12. The fraction of sp³-hybridized carbons (Fsp3) is 0.583. The Bertz CT molecular complexity index is 497. The first kappa shape index (κ1) is 13.5. The fourth-order valence-electron chi connectivity index (χ4n) is 2.03. The zero-order chi connectivity index (χ0) is 14.0. The molecule has 104 valence electrons. The number of carbonyl (C=O) groups is 2. The van der Waals surface area contributed by atoms with Crippen LogP contribution in [0.25, 0.3) is 0 Å². The Balaban J connectivity index is 1.85. The minimum absolute atomic E-state index is 0.271. The summed E-state index contributed by atoms with van der Waals surface area (Å²) < 4.78 is 6.91. The Morgan fingerprint density at radius 2 is 2.21 bits per heavy atom. The molecule has 7 nitrogen and oxygen atoms in total. The number of hydrogen-bond donors (Lipinski definition) is 2. The van der Waals surface area contributed by atoms with Crippen molar-refractivity contribution in [3.8, 4) is 0 Å². The second-order valence-corrected chi connectivity index (χ2v) is 4.63. The molecule has 0 aromatic carbocycles. The molecular weight excluding hydrogens is 250 g/mol. The van der Waals surface area contributed by atoms with E-state index in [1.807, 2.05) is 14.0 Å². The van der Waals surface area contributed by atoms with Crippen LogP contribution in [0.4, 0.5) is 0 Å². The molecule has 1 amide bonds. The lowest BCUT2D eigenvalue weighted by atomic mass is 10.2. The largest absolute Gasteiger partial charge is 0.479 e. The van der Waals surface area contributed by atoms with Crippen LogP contribution in [-0.2, 0) is 27.9 Å². The molecule has 0 bridgehead atoms. The summed E-state index contributed by atoms with van der Waals surface area (Å²) in [6.07, 6.45) is 0.980. The van der Waals surface area contributed by atoms with Gasteiger partial charge in [0.25, 0.3) is 0 Å². The van der Waals surface area contributed by atoms with Crippen molar-refractivity contribution in [2.45, 2.75) is 38.5 Å². The van der Waals surface area contributed by atoms with Gasteiger partial charge >= 0.3 is 5.97 Å². The van der Waals surface area contributed by atoms with E-state index in [0.717, 1.165) is 11.3 Å². The average Bonchev–Trinajstić information content (AvgIpc) is 2.97. The van der Waals surface area contributed by atoms with Crippen molar-refractivity contribution < 1.29 is 19.4 Å². The first-order valence-electron chi connectivity index (χ1n) is 6.12. The normalized spacial score (nSPS) is 22.4. The quantitative estimate of drug-likeness (QED) is 0.799. The van der Waals surface area contributed by atoms with Gasteiger partial charge in [-0.3, -0.25) is 9.48 Å². The van der Waals surface area contributed by atoms with Crippen LogP contribution in [0, 0.1) is 6.92 Å². The maximum atomic E-state index is 11.8. The lowest BCUT2D eigenvalue weighted by molar-refractivity contribution is -0.151. The molecular formula is C12H17N3O4. The van der Waals surface area contributed by atoms with Crippen LogP contribution < -0.4 is 5.32 Å². The minimum Gasteiger partial charge on any atom is -0.479 e. The van der Waals surface area contributed by atoms with Crippen LogP contribution in [0.5, 0.6) is 0 Å². The van der Waals surface area contributed by atoms with Crippen molar-refractivity contribution in [3.05, 3.63) is 17.5 Å². The molecule has 1 fully saturated rings. The second kappa shape index (κ2) is 5.40. The van der Waals surface area contributed by atoms with Gasteiger partial charge in [-0.2, -0.15) is 5.10 Å². The van der Waals surface area contributed by atoms with Crippen LogP contribution in [-0.4, -0.2) is 39.0 Å². The average molecular weight is 267 g/mol. The van der Waals surface area contributed by atoms with Crippen molar-refractivity contribution in [1.82, 2.24) is 15.1 Å². The molecule has 1 saturated heterocycles. The number of amides is 1. The first-order chi connectivity index (χ1) is 8.99. The summed E-state index contributed by atoms with van der Waals surface area (Å²) in [5.74, 6) is -1.29. The Labute approximate surface area is 110 Å². The van der Waals surface area contributed by atoms with Crippen LogP contribution in [0.15, 0.2) is 6.20 Å². The van der Waals surface area contributed by atoms with Gasteiger partial charge in [0.15, 0.2) is 6.10 Å². The van der Waals surface area contributed by atoms with E-state index < -0.39 is 18.2 Å². The van der Waals surface area contributed by atoms with Gasteiger partial charge in [0.1, 0.15) is 6.10 Å². The maximum Gasteiger partial charge on any atom is 0.332 e. The molecule has 1 aliphatic rings. The predicted octanol–water partition coefficient (Wildman–Crippen LogP) is -0.0231. The smallest absolute Gasteiger partial charge is 0.332 e. The van der Waals surface area contributed by atoms with Gasteiger partial charge in [0.05, 0.1) is 6.20 Å². The number of aryl methyl sites for hydroxylation is 1. The van der Waals surface area contributed by atoms with Crippen molar-refractivity contribution in [2.24, 2.45) is 7.05 Å². The number of nitrogens with one attached hydrogen (secondary N) is 1. The highest BCUT2D eigenvalue weighted by molar-refractivity contribution is 5.82. The van der Waals surface area contributed by atoms with Crippen molar-refractivity contribution in [1.29, 1.82) is 0 Å². The minimum atomic E-state index is -1.02. The SMILES string of the molecule is Cc1c(CNC(=O)[C@@H]2CC[C@H](C(=O)O)O2)cnn1C. The molecule has 0 aliphatic carbocycles. The molecule has 0 unspecified atom stereocenters.